The van der Waals surface area contributed by atoms with Crippen molar-refractivity contribution in [2.75, 3.05) is 41.7 Å². The van der Waals surface area contributed by atoms with Gasteiger partial charge in [-0.1, -0.05) is 29.8 Å². The van der Waals surface area contributed by atoms with E-state index in [1.807, 2.05) is 11.8 Å². The highest BCUT2D eigenvalue weighted by atomic mass is 32.2. The van der Waals surface area contributed by atoms with Crippen LogP contribution in [0.4, 0.5) is 11.8 Å². The van der Waals surface area contributed by atoms with E-state index in [4.69, 9.17) is 15.7 Å². The van der Waals surface area contributed by atoms with Crippen LogP contribution in [-0.2, 0) is 6.54 Å². The molecule has 6 nitrogen and oxygen atoms in total. The second kappa shape index (κ2) is 7.72. The van der Waals surface area contributed by atoms with Gasteiger partial charge in [-0.3, -0.25) is 0 Å². The zero-order valence-corrected chi connectivity index (χ0v) is 18.0. The lowest BCUT2D eigenvalue weighted by Gasteiger charge is -2.26. The summed E-state index contributed by atoms with van der Waals surface area (Å²) in [5, 5.41) is 11.7. The van der Waals surface area contributed by atoms with Crippen molar-refractivity contribution >= 4 is 34.4 Å². The van der Waals surface area contributed by atoms with E-state index in [1.54, 1.807) is 0 Å². The van der Waals surface area contributed by atoms with Gasteiger partial charge in [0.05, 0.1) is 11.1 Å². The number of hydrogen-bond donors (Lipinski definition) is 2. The number of rotatable bonds is 3. The Hall–Kier alpha value is -2.35. The van der Waals surface area contributed by atoms with Gasteiger partial charge in [0.1, 0.15) is 5.82 Å². The number of aryl methyl sites for hydroxylation is 1. The maximum atomic E-state index is 10.7. The molecule has 0 spiro atoms. The Bertz CT molecular complexity index is 1090. The first-order chi connectivity index (χ1) is 14.5. The molecule has 1 aromatic heterocycles. The molecular formula is C23H27N5OS. The van der Waals surface area contributed by atoms with Crippen LogP contribution >= 0.6 is 11.8 Å². The van der Waals surface area contributed by atoms with Gasteiger partial charge in [0.25, 0.3) is 0 Å². The number of anilines is 2. The number of benzene rings is 2. The summed E-state index contributed by atoms with van der Waals surface area (Å²) in [7, 11) is 0. The van der Waals surface area contributed by atoms with Crippen LogP contribution in [0.25, 0.3) is 10.9 Å². The van der Waals surface area contributed by atoms with Gasteiger partial charge in [0.15, 0.2) is 0 Å². The first-order valence-electron chi connectivity index (χ1n) is 10.5. The van der Waals surface area contributed by atoms with Crippen LogP contribution in [0.2, 0.25) is 0 Å². The van der Waals surface area contributed by atoms with Crippen molar-refractivity contribution in [1.82, 2.24) is 9.97 Å². The number of fused-ring (bicyclic) bond motifs is 2. The monoisotopic (exact) mass is 421 g/mol. The summed E-state index contributed by atoms with van der Waals surface area (Å²) in [5.41, 5.74) is 8.41. The van der Waals surface area contributed by atoms with E-state index in [9.17, 15) is 5.11 Å². The third kappa shape index (κ3) is 3.62. The van der Waals surface area contributed by atoms with Gasteiger partial charge < -0.3 is 20.6 Å². The summed E-state index contributed by atoms with van der Waals surface area (Å²) in [5.74, 6) is 2.65. The highest BCUT2D eigenvalue weighted by Crippen LogP contribution is 2.34. The zero-order valence-electron chi connectivity index (χ0n) is 17.2. The molecule has 3 N–H and O–H groups in total. The van der Waals surface area contributed by atoms with Crippen LogP contribution in [0.3, 0.4) is 0 Å². The Kier molecular flexibility index (Phi) is 5.05. The van der Waals surface area contributed by atoms with Crippen LogP contribution in [0, 0.1) is 6.92 Å². The number of hydrogen-bond acceptors (Lipinski definition) is 7. The minimum Gasteiger partial charge on any atom is -0.387 e. The molecule has 1 saturated heterocycles. The van der Waals surface area contributed by atoms with E-state index in [0.29, 0.717) is 13.0 Å². The number of β-amino-alcohol motifs (C(OH)–C–C–N with tert-alkyl or cyclic N) is 1. The van der Waals surface area contributed by atoms with Crippen molar-refractivity contribution in [3.63, 3.8) is 0 Å². The first kappa shape index (κ1) is 19.6. The molecule has 1 unspecified atom stereocenters. The van der Waals surface area contributed by atoms with E-state index in [2.05, 4.69) is 59.2 Å². The molecule has 0 amide bonds. The molecule has 2 aliphatic heterocycles. The summed E-state index contributed by atoms with van der Waals surface area (Å²) in [6, 6.07) is 14.9. The summed E-state index contributed by atoms with van der Waals surface area (Å²) in [4.78, 5) is 15.8. The predicted molar refractivity (Wildman–Crippen MR) is 123 cm³/mol. The highest BCUT2D eigenvalue weighted by molar-refractivity contribution is 7.99. The molecule has 3 heterocycles. The Morgan fingerprint density at radius 3 is 2.83 bits per heavy atom. The van der Waals surface area contributed by atoms with Crippen molar-refractivity contribution in [1.29, 1.82) is 0 Å². The third-order valence-corrected chi connectivity index (χ3v) is 7.16. The van der Waals surface area contributed by atoms with Gasteiger partial charge in [-0.05, 0) is 37.1 Å². The minimum atomic E-state index is -0.848. The van der Waals surface area contributed by atoms with Crippen LogP contribution in [0.15, 0.2) is 47.4 Å². The molecule has 0 saturated carbocycles. The zero-order chi connectivity index (χ0) is 20.7. The fourth-order valence-electron chi connectivity index (χ4n) is 4.30. The topological polar surface area (TPSA) is 78.5 Å². The first-order valence-corrected chi connectivity index (χ1v) is 11.4. The van der Waals surface area contributed by atoms with Crippen LogP contribution in [-0.4, -0.2) is 52.6 Å². The molecule has 0 bridgehead atoms. The Morgan fingerprint density at radius 1 is 1.13 bits per heavy atom. The largest absolute Gasteiger partial charge is 0.387 e. The lowest BCUT2D eigenvalue weighted by molar-refractivity contribution is 0.0725. The van der Waals surface area contributed by atoms with Gasteiger partial charge in [-0.15, -0.1) is 11.8 Å². The fraction of sp³-hybridized carbons (Fsp3) is 0.391. The Balaban J connectivity index is 1.58. The molecule has 1 fully saturated rings. The van der Waals surface area contributed by atoms with Crippen LogP contribution in [0.5, 0.6) is 0 Å². The van der Waals surface area contributed by atoms with E-state index in [-0.39, 0.29) is 6.54 Å². The SMILES string of the molecule is Cc1ccc2nc(N3CCSc4ccccc4C3)nc(N3CCC(O)(CN)C3)c2c1. The van der Waals surface area contributed by atoms with Gasteiger partial charge in [0, 0.05) is 48.8 Å². The molecule has 156 valence electrons. The van der Waals surface area contributed by atoms with E-state index >= 15 is 0 Å². The fourth-order valence-corrected chi connectivity index (χ4v) is 5.32. The highest BCUT2D eigenvalue weighted by Gasteiger charge is 2.36. The summed E-state index contributed by atoms with van der Waals surface area (Å²) in [6.45, 7) is 5.28. The minimum absolute atomic E-state index is 0.262. The van der Waals surface area contributed by atoms with E-state index in [0.717, 1.165) is 48.1 Å². The molecular weight excluding hydrogens is 394 g/mol. The van der Waals surface area contributed by atoms with Crippen molar-refractivity contribution in [2.45, 2.75) is 30.4 Å². The maximum Gasteiger partial charge on any atom is 0.228 e. The predicted octanol–water partition coefficient (Wildman–Crippen LogP) is 2.95. The van der Waals surface area contributed by atoms with Crippen LogP contribution < -0.4 is 15.5 Å². The molecule has 7 heteroatoms. The molecule has 5 rings (SSSR count). The Labute approximate surface area is 181 Å². The number of nitrogens with two attached hydrogens (primary N) is 1. The molecule has 1 atom stereocenters. The number of thioether (sulfide) groups is 1. The van der Waals surface area contributed by atoms with E-state index < -0.39 is 5.60 Å². The van der Waals surface area contributed by atoms with Crippen LogP contribution in [0.1, 0.15) is 17.5 Å². The van der Waals surface area contributed by atoms with Crippen molar-refractivity contribution < 1.29 is 5.11 Å². The number of aromatic nitrogens is 2. The molecule has 0 radical (unpaired) electrons. The Morgan fingerprint density at radius 2 is 2.00 bits per heavy atom. The second-order valence-corrected chi connectivity index (χ2v) is 9.48. The maximum absolute atomic E-state index is 10.7. The van der Waals surface area contributed by atoms with Crippen molar-refractivity contribution in [3.05, 3.63) is 53.6 Å². The molecule has 2 aliphatic rings. The number of aliphatic hydroxyl groups is 1. The lowest BCUT2D eigenvalue weighted by atomic mass is 10.0. The summed E-state index contributed by atoms with van der Waals surface area (Å²) >= 11 is 1.89. The molecule has 2 aromatic carbocycles. The summed E-state index contributed by atoms with van der Waals surface area (Å²) < 4.78 is 0. The van der Waals surface area contributed by atoms with Gasteiger partial charge in [-0.2, -0.15) is 4.98 Å². The average Bonchev–Trinajstić information content (AvgIpc) is 3.02. The van der Waals surface area contributed by atoms with Gasteiger partial charge in [0.2, 0.25) is 5.95 Å². The average molecular weight is 422 g/mol. The van der Waals surface area contributed by atoms with Crippen molar-refractivity contribution in [3.8, 4) is 0 Å². The standard InChI is InChI=1S/C23H27N5OS/c1-16-6-7-19-18(12-16)21(28-9-8-23(29,14-24)15-28)26-22(25-19)27-10-11-30-20-5-3-2-4-17(20)13-27/h2-7,12,29H,8-11,13-15,24H2,1H3. The lowest BCUT2D eigenvalue weighted by Crippen LogP contribution is -2.40. The number of nitrogens with zero attached hydrogens (tertiary/aromatic N) is 4. The molecule has 0 aliphatic carbocycles. The second-order valence-electron chi connectivity index (χ2n) is 8.35. The molecule has 3 aromatic rings. The van der Waals surface area contributed by atoms with E-state index in [1.165, 1.54) is 16.0 Å². The quantitative estimate of drug-likeness (QED) is 0.673. The van der Waals surface area contributed by atoms with Crippen molar-refractivity contribution in [2.24, 2.45) is 5.73 Å². The molecule has 30 heavy (non-hydrogen) atoms. The van der Waals surface area contributed by atoms with Gasteiger partial charge in [-0.25, -0.2) is 4.98 Å². The third-order valence-electron chi connectivity index (χ3n) is 6.07. The van der Waals surface area contributed by atoms with Gasteiger partial charge >= 0.3 is 0 Å². The smallest absolute Gasteiger partial charge is 0.228 e. The normalized spacial score (nSPS) is 21.7. The summed E-state index contributed by atoms with van der Waals surface area (Å²) in [6.07, 6.45) is 0.657.